The van der Waals surface area contributed by atoms with Crippen LogP contribution in [-0.2, 0) is 9.47 Å². The van der Waals surface area contributed by atoms with E-state index in [2.05, 4.69) is 0 Å². The van der Waals surface area contributed by atoms with Crippen LogP contribution in [0.4, 0.5) is 0 Å². The van der Waals surface area contributed by atoms with Gasteiger partial charge in [0.05, 0.1) is 13.2 Å². The lowest BCUT2D eigenvalue weighted by Gasteiger charge is -1.76. The molecule has 0 aromatic heterocycles. The highest BCUT2D eigenvalue weighted by molar-refractivity contribution is 4.28. The van der Waals surface area contributed by atoms with Gasteiger partial charge in [-0.25, -0.2) is 0 Å². The van der Waals surface area contributed by atoms with Crippen molar-refractivity contribution in [3.05, 3.63) is 0 Å². The van der Waals surface area contributed by atoms with Crippen molar-refractivity contribution in [1.82, 2.24) is 0 Å². The number of ether oxygens (including phenoxy) is 2. The Labute approximate surface area is 36.2 Å². The second-order valence-electron chi connectivity index (χ2n) is 0.934. The van der Waals surface area contributed by atoms with Gasteiger partial charge < -0.3 is 14.9 Å². The Morgan fingerprint density at radius 3 is 1.67 bits per heavy atom. The molecule has 3 heteroatoms. The lowest BCUT2D eigenvalue weighted by molar-refractivity contribution is 0.0692. The molecular weight excluding hydrogens is 84.0 g/mol. The maximum absolute atomic E-state index is 4.72. The van der Waals surface area contributed by atoms with Gasteiger partial charge in [-0.15, -0.1) is 0 Å². The topological polar surface area (TPSA) is 50.0 Å². The monoisotopic (exact) mass is 92.0 g/mol. The third kappa shape index (κ3) is 1.35. The standard InChI is InChI=1S/C3H6O2.H2O/c1-2-5-3-4-1;/h1-3H2;1H2. The number of hydrogen-bond acceptors (Lipinski definition) is 2. The minimum Gasteiger partial charge on any atom is -0.412 e. The van der Waals surface area contributed by atoms with Crippen LogP contribution in [0.3, 0.4) is 0 Å². The van der Waals surface area contributed by atoms with E-state index >= 15 is 0 Å². The fraction of sp³-hybridized carbons (Fsp3) is 1.00. The Bertz CT molecular complexity index is 17.6. The Morgan fingerprint density at radius 2 is 1.50 bits per heavy atom. The summed E-state index contributed by atoms with van der Waals surface area (Å²) in [6.45, 7) is 2.06. The van der Waals surface area contributed by atoms with Gasteiger partial charge >= 0.3 is 0 Å². The molecule has 2 N–H and O–H groups in total. The molecule has 0 unspecified atom stereocenters. The van der Waals surface area contributed by atoms with Crippen LogP contribution in [0.2, 0.25) is 0 Å². The van der Waals surface area contributed by atoms with Crippen molar-refractivity contribution in [3.8, 4) is 0 Å². The first kappa shape index (κ1) is 5.88. The van der Waals surface area contributed by atoms with Gasteiger partial charge in [-0.3, -0.25) is 0 Å². The molecule has 0 spiro atoms. The van der Waals surface area contributed by atoms with Crippen LogP contribution in [0.15, 0.2) is 0 Å². The van der Waals surface area contributed by atoms with Gasteiger partial charge in [-0.1, -0.05) is 0 Å². The fourth-order valence-corrected chi connectivity index (χ4v) is 0.295. The summed E-state index contributed by atoms with van der Waals surface area (Å²) < 4.78 is 9.44. The molecule has 0 saturated carbocycles. The van der Waals surface area contributed by atoms with Crippen molar-refractivity contribution in [1.29, 1.82) is 0 Å². The van der Waals surface area contributed by atoms with E-state index < -0.39 is 0 Å². The number of hydrogen-bond donors (Lipinski definition) is 0. The molecule has 1 heterocycles. The minimum absolute atomic E-state index is 0. The Hall–Kier alpha value is -0.120. The molecule has 0 amide bonds. The normalized spacial score (nSPS) is 20.0. The summed E-state index contributed by atoms with van der Waals surface area (Å²) in [7, 11) is 0. The van der Waals surface area contributed by atoms with Crippen molar-refractivity contribution in [2.24, 2.45) is 0 Å². The minimum atomic E-state index is 0. The highest BCUT2D eigenvalue weighted by Crippen LogP contribution is 1.85. The summed E-state index contributed by atoms with van der Waals surface area (Å²) in [5.41, 5.74) is 0. The molecule has 1 rings (SSSR count). The third-order valence-corrected chi connectivity index (χ3v) is 0.539. The second kappa shape index (κ2) is 3.08. The molecule has 0 aliphatic carbocycles. The van der Waals surface area contributed by atoms with E-state index in [9.17, 15) is 0 Å². The maximum atomic E-state index is 4.72. The van der Waals surface area contributed by atoms with Gasteiger partial charge in [0.15, 0.2) is 0 Å². The molecular formula is C3H8O3. The summed E-state index contributed by atoms with van der Waals surface area (Å²) in [5.74, 6) is 0. The summed E-state index contributed by atoms with van der Waals surface area (Å²) in [6, 6.07) is 0. The Morgan fingerprint density at radius 1 is 1.00 bits per heavy atom. The average Bonchev–Trinajstić information content (AvgIpc) is 1.76. The first-order chi connectivity index (χ1) is 2.50. The van der Waals surface area contributed by atoms with Crippen molar-refractivity contribution in [2.45, 2.75) is 0 Å². The molecule has 38 valence electrons. The molecule has 0 aromatic carbocycles. The fourth-order valence-electron chi connectivity index (χ4n) is 0.295. The Kier molecular flexibility index (Phi) is 3.02. The third-order valence-electron chi connectivity index (χ3n) is 0.539. The van der Waals surface area contributed by atoms with Crippen molar-refractivity contribution in [3.63, 3.8) is 0 Å². The molecule has 0 radical (unpaired) electrons. The maximum Gasteiger partial charge on any atom is 0.146 e. The van der Waals surface area contributed by atoms with Crippen LogP contribution in [0.25, 0.3) is 0 Å². The lowest BCUT2D eigenvalue weighted by atomic mass is 10.8. The predicted molar refractivity (Wildman–Crippen MR) is 20.4 cm³/mol. The van der Waals surface area contributed by atoms with Crippen molar-refractivity contribution < 1.29 is 14.9 Å². The summed E-state index contributed by atoms with van der Waals surface area (Å²) in [5, 5.41) is 0. The van der Waals surface area contributed by atoms with E-state index in [4.69, 9.17) is 9.47 Å². The van der Waals surface area contributed by atoms with Gasteiger partial charge in [-0.05, 0) is 0 Å². The molecule has 3 nitrogen and oxygen atoms in total. The Balaban J connectivity index is 0.000000250. The SMILES string of the molecule is C1COCO1.O. The molecule has 1 fully saturated rings. The average molecular weight is 92.1 g/mol. The van der Waals surface area contributed by atoms with E-state index in [1.54, 1.807) is 0 Å². The zero-order valence-corrected chi connectivity index (χ0v) is 3.44. The van der Waals surface area contributed by atoms with Crippen LogP contribution < -0.4 is 0 Å². The van der Waals surface area contributed by atoms with Crippen molar-refractivity contribution in [2.75, 3.05) is 20.0 Å². The largest absolute Gasteiger partial charge is 0.412 e. The first-order valence-corrected chi connectivity index (χ1v) is 1.65. The van der Waals surface area contributed by atoms with Gasteiger partial charge in [0, 0.05) is 0 Å². The van der Waals surface area contributed by atoms with Gasteiger partial charge in [0.1, 0.15) is 6.79 Å². The van der Waals surface area contributed by atoms with E-state index in [0.29, 0.717) is 6.79 Å². The zero-order valence-electron chi connectivity index (χ0n) is 3.44. The van der Waals surface area contributed by atoms with Crippen LogP contribution in [-0.4, -0.2) is 25.5 Å². The molecule has 1 saturated heterocycles. The molecule has 0 atom stereocenters. The van der Waals surface area contributed by atoms with E-state index in [0.717, 1.165) is 13.2 Å². The predicted octanol–water partition coefficient (Wildman–Crippen LogP) is -0.834. The summed E-state index contributed by atoms with van der Waals surface area (Å²) >= 11 is 0. The molecule has 1 aliphatic heterocycles. The number of rotatable bonds is 0. The van der Waals surface area contributed by atoms with E-state index in [1.165, 1.54) is 0 Å². The molecule has 6 heavy (non-hydrogen) atoms. The summed E-state index contributed by atoms with van der Waals surface area (Å²) in [4.78, 5) is 0. The first-order valence-electron chi connectivity index (χ1n) is 1.65. The highest BCUT2D eigenvalue weighted by Gasteiger charge is 1.93. The molecule has 1 aliphatic rings. The zero-order chi connectivity index (χ0) is 3.54. The quantitative estimate of drug-likeness (QED) is 0.391. The highest BCUT2D eigenvalue weighted by atomic mass is 16.7. The van der Waals surface area contributed by atoms with Crippen LogP contribution in [0.5, 0.6) is 0 Å². The van der Waals surface area contributed by atoms with Crippen molar-refractivity contribution >= 4 is 0 Å². The smallest absolute Gasteiger partial charge is 0.146 e. The molecule has 0 bridgehead atoms. The second-order valence-corrected chi connectivity index (χ2v) is 0.934. The van der Waals surface area contributed by atoms with Gasteiger partial charge in [0.2, 0.25) is 0 Å². The summed E-state index contributed by atoms with van der Waals surface area (Å²) in [6.07, 6.45) is 0. The van der Waals surface area contributed by atoms with Crippen LogP contribution >= 0.6 is 0 Å². The van der Waals surface area contributed by atoms with E-state index in [-0.39, 0.29) is 5.48 Å². The van der Waals surface area contributed by atoms with Crippen LogP contribution in [0, 0.1) is 0 Å². The van der Waals surface area contributed by atoms with Gasteiger partial charge in [-0.2, -0.15) is 0 Å². The molecule has 0 aromatic rings. The lowest BCUT2D eigenvalue weighted by Crippen LogP contribution is -1.79. The van der Waals surface area contributed by atoms with Gasteiger partial charge in [0.25, 0.3) is 0 Å². The van der Waals surface area contributed by atoms with E-state index in [1.807, 2.05) is 0 Å². The van der Waals surface area contributed by atoms with Crippen LogP contribution in [0.1, 0.15) is 0 Å².